The van der Waals surface area contributed by atoms with Gasteiger partial charge in [0.25, 0.3) is 0 Å². The van der Waals surface area contributed by atoms with Crippen LogP contribution in [0.25, 0.3) is 0 Å². The van der Waals surface area contributed by atoms with Gasteiger partial charge in [-0.15, -0.1) is 0 Å². The average molecular weight is 177 g/mol. The van der Waals surface area contributed by atoms with Gasteiger partial charge in [0, 0.05) is 17.9 Å². The molecule has 0 bridgehead atoms. The fourth-order valence-corrected chi connectivity index (χ4v) is 1.77. The van der Waals surface area contributed by atoms with Crippen LogP contribution in [0.2, 0.25) is 0 Å². The van der Waals surface area contributed by atoms with E-state index in [-0.39, 0.29) is 0 Å². The van der Waals surface area contributed by atoms with E-state index in [1.54, 1.807) is 12.4 Å². The lowest BCUT2D eigenvalue weighted by Gasteiger charge is -2.41. The van der Waals surface area contributed by atoms with Crippen molar-refractivity contribution < 1.29 is 0 Å². The minimum absolute atomic E-state index is 0.293. The van der Waals surface area contributed by atoms with Crippen LogP contribution >= 0.6 is 0 Å². The lowest BCUT2D eigenvalue weighted by molar-refractivity contribution is 0.268. The van der Waals surface area contributed by atoms with Gasteiger partial charge in [0.2, 0.25) is 5.95 Å². The molecule has 1 aromatic rings. The van der Waals surface area contributed by atoms with Crippen LogP contribution in [0.1, 0.15) is 32.6 Å². The zero-order valence-corrected chi connectivity index (χ0v) is 7.95. The molecule has 1 aromatic heterocycles. The molecule has 3 nitrogen and oxygen atoms in total. The Labute approximate surface area is 78.6 Å². The molecule has 1 N–H and O–H groups in total. The number of rotatable bonds is 3. The molecule has 1 fully saturated rings. The number of nitrogens with one attached hydrogen (secondary N) is 1. The first-order valence-corrected chi connectivity index (χ1v) is 4.90. The number of hydrogen-bond acceptors (Lipinski definition) is 3. The molecule has 2 rings (SSSR count). The topological polar surface area (TPSA) is 37.8 Å². The van der Waals surface area contributed by atoms with Crippen LogP contribution in [0.5, 0.6) is 0 Å². The van der Waals surface area contributed by atoms with Crippen molar-refractivity contribution in [1.82, 2.24) is 9.97 Å². The summed E-state index contributed by atoms with van der Waals surface area (Å²) >= 11 is 0. The summed E-state index contributed by atoms with van der Waals surface area (Å²) in [6, 6.07) is 1.84. The van der Waals surface area contributed by atoms with Gasteiger partial charge in [0.05, 0.1) is 0 Å². The van der Waals surface area contributed by atoms with Crippen LogP contribution in [0.3, 0.4) is 0 Å². The lowest BCUT2D eigenvalue weighted by atomic mass is 9.75. The van der Waals surface area contributed by atoms with Crippen molar-refractivity contribution in [2.45, 2.75) is 38.1 Å². The second kappa shape index (κ2) is 3.32. The van der Waals surface area contributed by atoms with Gasteiger partial charge in [0.1, 0.15) is 0 Å². The summed E-state index contributed by atoms with van der Waals surface area (Å²) in [4.78, 5) is 8.34. The average Bonchev–Trinajstić information content (AvgIpc) is 2.13. The van der Waals surface area contributed by atoms with Crippen LogP contribution in [-0.2, 0) is 0 Å². The number of aromatic nitrogens is 2. The maximum absolute atomic E-state index is 4.17. The van der Waals surface area contributed by atoms with E-state index < -0.39 is 0 Å². The number of anilines is 1. The Bertz CT molecular complexity index is 261. The van der Waals surface area contributed by atoms with Crippen LogP contribution in [-0.4, -0.2) is 15.5 Å². The highest BCUT2D eigenvalue weighted by molar-refractivity contribution is 5.29. The fourth-order valence-electron chi connectivity index (χ4n) is 1.77. The van der Waals surface area contributed by atoms with Gasteiger partial charge in [-0.05, 0) is 31.7 Å². The van der Waals surface area contributed by atoms with E-state index in [9.17, 15) is 0 Å². The monoisotopic (exact) mass is 177 g/mol. The summed E-state index contributed by atoms with van der Waals surface area (Å²) in [7, 11) is 0. The van der Waals surface area contributed by atoms with Gasteiger partial charge in [-0.2, -0.15) is 0 Å². The predicted molar refractivity (Wildman–Crippen MR) is 52.5 cm³/mol. The molecule has 0 radical (unpaired) electrons. The summed E-state index contributed by atoms with van der Waals surface area (Å²) in [5.41, 5.74) is 0.293. The summed E-state index contributed by atoms with van der Waals surface area (Å²) in [5.74, 6) is 0.768. The Hall–Kier alpha value is -1.12. The molecule has 1 heterocycles. The van der Waals surface area contributed by atoms with Crippen molar-refractivity contribution in [3.63, 3.8) is 0 Å². The lowest BCUT2D eigenvalue weighted by Crippen LogP contribution is -2.44. The minimum atomic E-state index is 0.293. The third-order valence-electron chi connectivity index (χ3n) is 2.93. The van der Waals surface area contributed by atoms with Crippen molar-refractivity contribution in [2.24, 2.45) is 0 Å². The minimum Gasteiger partial charge on any atom is -0.349 e. The van der Waals surface area contributed by atoms with E-state index in [0.29, 0.717) is 5.54 Å². The van der Waals surface area contributed by atoms with E-state index in [2.05, 4.69) is 22.2 Å². The maximum Gasteiger partial charge on any atom is 0.223 e. The molecule has 0 aromatic carbocycles. The van der Waals surface area contributed by atoms with Gasteiger partial charge in [0.15, 0.2) is 0 Å². The first kappa shape index (κ1) is 8.48. The van der Waals surface area contributed by atoms with Gasteiger partial charge >= 0.3 is 0 Å². The molecule has 0 aliphatic heterocycles. The smallest absolute Gasteiger partial charge is 0.223 e. The van der Waals surface area contributed by atoms with Gasteiger partial charge in [-0.3, -0.25) is 0 Å². The molecule has 0 saturated heterocycles. The molecule has 0 atom stereocenters. The molecule has 0 unspecified atom stereocenters. The highest BCUT2D eigenvalue weighted by Gasteiger charge is 2.35. The van der Waals surface area contributed by atoms with E-state index in [1.807, 2.05) is 6.07 Å². The molecular weight excluding hydrogens is 162 g/mol. The van der Waals surface area contributed by atoms with E-state index in [4.69, 9.17) is 0 Å². The van der Waals surface area contributed by atoms with Crippen LogP contribution in [0.15, 0.2) is 18.5 Å². The van der Waals surface area contributed by atoms with Crippen molar-refractivity contribution in [3.8, 4) is 0 Å². The van der Waals surface area contributed by atoms with E-state index >= 15 is 0 Å². The fraction of sp³-hybridized carbons (Fsp3) is 0.600. The molecule has 0 amide bonds. The Morgan fingerprint density at radius 2 is 2.08 bits per heavy atom. The third-order valence-corrected chi connectivity index (χ3v) is 2.93. The molecule has 13 heavy (non-hydrogen) atoms. The Kier molecular flexibility index (Phi) is 2.17. The maximum atomic E-state index is 4.17. The summed E-state index contributed by atoms with van der Waals surface area (Å²) in [5, 5.41) is 3.42. The van der Waals surface area contributed by atoms with Crippen LogP contribution in [0, 0.1) is 0 Å². The number of nitrogens with zero attached hydrogens (tertiary/aromatic N) is 2. The van der Waals surface area contributed by atoms with Gasteiger partial charge in [-0.25, -0.2) is 9.97 Å². The van der Waals surface area contributed by atoms with Gasteiger partial charge in [-0.1, -0.05) is 6.92 Å². The molecule has 1 aliphatic rings. The molecule has 1 aliphatic carbocycles. The predicted octanol–water partition coefficient (Wildman–Crippen LogP) is 2.22. The first-order valence-electron chi connectivity index (χ1n) is 4.90. The Balaban J connectivity index is 2.05. The van der Waals surface area contributed by atoms with Crippen molar-refractivity contribution in [2.75, 3.05) is 5.32 Å². The Morgan fingerprint density at radius 3 is 2.54 bits per heavy atom. The molecule has 1 saturated carbocycles. The quantitative estimate of drug-likeness (QED) is 0.769. The molecule has 0 spiro atoms. The van der Waals surface area contributed by atoms with Crippen molar-refractivity contribution in [3.05, 3.63) is 18.5 Å². The van der Waals surface area contributed by atoms with E-state index in [0.717, 1.165) is 12.4 Å². The second-order valence-electron chi connectivity index (χ2n) is 3.68. The van der Waals surface area contributed by atoms with Gasteiger partial charge < -0.3 is 5.32 Å². The van der Waals surface area contributed by atoms with Crippen LogP contribution in [0.4, 0.5) is 5.95 Å². The van der Waals surface area contributed by atoms with E-state index in [1.165, 1.54) is 19.3 Å². The highest BCUT2D eigenvalue weighted by atomic mass is 15.1. The normalized spacial score (nSPS) is 19.2. The number of hydrogen-bond donors (Lipinski definition) is 1. The molecular formula is C10H15N3. The summed E-state index contributed by atoms with van der Waals surface area (Å²) in [6.45, 7) is 2.22. The second-order valence-corrected chi connectivity index (χ2v) is 3.68. The largest absolute Gasteiger partial charge is 0.349 e. The first-order chi connectivity index (χ1) is 6.35. The summed E-state index contributed by atoms with van der Waals surface area (Å²) in [6.07, 6.45) is 8.54. The zero-order chi connectivity index (χ0) is 9.15. The third kappa shape index (κ3) is 1.64. The SMILES string of the molecule is CCC1(Nc2ncccn2)CCC1. The van der Waals surface area contributed by atoms with Crippen LogP contribution < -0.4 is 5.32 Å². The molecule has 3 heteroatoms. The van der Waals surface area contributed by atoms with Crippen molar-refractivity contribution >= 4 is 5.95 Å². The molecule has 70 valence electrons. The highest BCUT2D eigenvalue weighted by Crippen LogP contribution is 2.36. The van der Waals surface area contributed by atoms with Crippen molar-refractivity contribution in [1.29, 1.82) is 0 Å². The standard InChI is InChI=1S/C10H15N3/c1-2-10(5-3-6-10)13-9-11-7-4-8-12-9/h4,7-8H,2-3,5-6H2,1H3,(H,11,12,13). The summed E-state index contributed by atoms with van der Waals surface area (Å²) < 4.78 is 0. The zero-order valence-electron chi connectivity index (χ0n) is 7.95. The Morgan fingerprint density at radius 1 is 1.38 bits per heavy atom.